The van der Waals surface area contributed by atoms with E-state index >= 15 is 0 Å². The van der Waals surface area contributed by atoms with Crippen molar-refractivity contribution in [2.45, 2.75) is 11.8 Å². The van der Waals surface area contributed by atoms with E-state index in [-0.39, 0.29) is 28.6 Å². The van der Waals surface area contributed by atoms with Crippen LogP contribution in [0, 0.1) is 11.3 Å². The standard InChI is InChI=1S/C24H18Cl2N2O5S/c1-2-32-23-14-16(13-17(15-27)24(29)28-21-6-4-3-5-20(21)26)7-12-22(23)33-34(30,31)19-10-8-18(25)9-11-19/h3-14H,2H2,1H3,(H,28,29)/b17-13+. The van der Waals surface area contributed by atoms with E-state index in [1.165, 1.54) is 48.5 Å². The molecular weight excluding hydrogens is 499 g/mol. The highest BCUT2D eigenvalue weighted by Gasteiger charge is 2.20. The molecule has 0 bridgehead atoms. The van der Waals surface area contributed by atoms with Gasteiger partial charge in [-0.1, -0.05) is 41.4 Å². The highest BCUT2D eigenvalue weighted by molar-refractivity contribution is 7.87. The summed E-state index contributed by atoms with van der Waals surface area (Å²) in [6.45, 7) is 1.94. The molecule has 0 unspecified atom stereocenters. The van der Waals surface area contributed by atoms with Crippen molar-refractivity contribution >= 4 is 51.0 Å². The zero-order valence-electron chi connectivity index (χ0n) is 17.8. The SMILES string of the molecule is CCOc1cc(/C=C(\C#N)C(=O)Nc2ccccc2Cl)ccc1OS(=O)(=O)c1ccc(Cl)cc1. The van der Waals surface area contributed by atoms with Crippen molar-refractivity contribution in [1.29, 1.82) is 5.26 Å². The molecule has 1 amide bonds. The van der Waals surface area contributed by atoms with Crippen molar-refractivity contribution < 1.29 is 22.1 Å². The molecule has 7 nitrogen and oxygen atoms in total. The van der Waals surface area contributed by atoms with Crippen molar-refractivity contribution in [3.63, 3.8) is 0 Å². The summed E-state index contributed by atoms with van der Waals surface area (Å²) in [5.41, 5.74) is 0.594. The van der Waals surface area contributed by atoms with Gasteiger partial charge in [-0.25, -0.2) is 0 Å². The summed E-state index contributed by atoms with van der Waals surface area (Å²) in [4.78, 5) is 12.5. The van der Waals surface area contributed by atoms with Gasteiger partial charge in [0.05, 0.1) is 17.3 Å². The fourth-order valence-corrected chi connectivity index (χ4v) is 4.04. The summed E-state index contributed by atoms with van der Waals surface area (Å²) < 4.78 is 36.0. The van der Waals surface area contributed by atoms with Gasteiger partial charge in [0.1, 0.15) is 16.5 Å². The first-order chi connectivity index (χ1) is 16.2. The van der Waals surface area contributed by atoms with E-state index in [4.69, 9.17) is 32.1 Å². The Morgan fingerprint density at radius 3 is 2.41 bits per heavy atom. The molecule has 0 fully saturated rings. The number of carbonyl (C=O) groups excluding carboxylic acids is 1. The van der Waals surface area contributed by atoms with Crippen molar-refractivity contribution in [2.24, 2.45) is 0 Å². The zero-order valence-corrected chi connectivity index (χ0v) is 20.1. The quantitative estimate of drug-likeness (QED) is 0.233. The molecule has 3 rings (SSSR count). The van der Waals surface area contributed by atoms with Gasteiger partial charge in [-0.05, 0) is 67.1 Å². The van der Waals surface area contributed by atoms with Gasteiger partial charge in [-0.3, -0.25) is 4.79 Å². The van der Waals surface area contributed by atoms with Crippen LogP contribution in [0.4, 0.5) is 5.69 Å². The summed E-state index contributed by atoms with van der Waals surface area (Å²) in [6.07, 6.45) is 1.34. The molecule has 0 aromatic heterocycles. The molecule has 0 aliphatic carbocycles. The van der Waals surface area contributed by atoms with Gasteiger partial charge in [-0.15, -0.1) is 0 Å². The van der Waals surface area contributed by atoms with Gasteiger partial charge < -0.3 is 14.2 Å². The van der Waals surface area contributed by atoms with Crippen LogP contribution < -0.4 is 14.2 Å². The van der Waals surface area contributed by atoms with Crippen molar-refractivity contribution in [2.75, 3.05) is 11.9 Å². The lowest BCUT2D eigenvalue weighted by Gasteiger charge is -2.13. The molecular formula is C24H18Cl2N2O5S. The van der Waals surface area contributed by atoms with Gasteiger partial charge in [0.25, 0.3) is 5.91 Å². The third kappa shape index (κ3) is 6.29. The average Bonchev–Trinajstić information content (AvgIpc) is 2.81. The molecule has 0 atom stereocenters. The van der Waals surface area contributed by atoms with Crippen LogP contribution in [0.3, 0.4) is 0 Å². The number of halogens is 2. The lowest BCUT2D eigenvalue weighted by molar-refractivity contribution is -0.112. The maximum Gasteiger partial charge on any atom is 0.339 e. The Hall–Kier alpha value is -3.51. The molecule has 34 heavy (non-hydrogen) atoms. The van der Waals surface area contributed by atoms with E-state index in [1.807, 2.05) is 6.07 Å². The molecule has 0 saturated heterocycles. The van der Waals surface area contributed by atoms with Crippen LogP contribution in [-0.4, -0.2) is 20.9 Å². The fourth-order valence-electron chi connectivity index (χ4n) is 2.79. The van der Waals surface area contributed by atoms with Crippen LogP contribution in [-0.2, 0) is 14.9 Å². The first kappa shape index (κ1) is 25.1. The minimum atomic E-state index is -4.15. The third-order valence-electron chi connectivity index (χ3n) is 4.37. The Kier molecular flexibility index (Phi) is 8.18. The second-order valence-electron chi connectivity index (χ2n) is 6.73. The lowest BCUT2D eigenvalue weighted by atomic mass is 10.1. The minimum absolute atomic E-state index is 0.0482. The number of nitriles is 1. The molecule has 0 heterocycles. The molecule has 0 spiro atoms. The lowest BCUT2D eigenvalue weighted by Crippen LogP contribution is -2.13. The van der Waals surface area contributed by atoms with Crippen LogP contribution in [0.2, 0.25) is 10.0 Å². The van der Waals surface area contributed by atoms with Crippen LogP contribution in [0.1, 0.15) is 12.5 Å². The molecule has 3 aromatic rings. The maximum atomic E-state index is 12.6. The Balaban J connectivity index is 1.88. The first-order valence-electron chi connectivity index (χ1n) is 9.88. The highest BCUT2D eigenvalue weighted by atomic mass is 35.5. The average molecular weight is 517 g/mol. The molecule has 0 radical (unpaired) electrons. The minimum Gasteiger partial charge on any atom is -0.490 e. The number of carbonyl (C=O) groups is 1. The predicted octanol–water partition coefficient (Wildman–Crippen LogP) is 5.71. The molecule has 0 saturated carbocycles. The second kappa shape index (κ2) is 11.1. The predicted molar refractivity (Wildman–Crippen MR) is 131 cm³/mol. The topological polar surface area (TPSA) is 105 Å². The van der Waals surface area contributed by atoms with Gasteiger partial charge >= 0.3 is 10.1 Å². The van der Waals surface area contributed by atoms with Gasteiger partial charge in [-0.2, -0.15) is 13.7 Å². The Morgan fingerprint density at radius 2 is 1.76 bits per heavy atom. The Labute approximate surface area is 207 Å². The molecule has 1 N–H and O–H groups in total. The molecule has 10 heteroatoms. The van der Waals surface area contributed by atoms with Crippen LogP contribution in [0.5, 0.6) is 11.5 Å². The molecule has 3 aromatic carbocycles. The number of anilines is 1. The number of hydrogen-bond donors (Lipinski definition) is 1. The number of amides is 1. The largest absolute Gasteiger partial charge is 0.490 e. The Bertz CT molecular complexity index is 1380. The number of ether oxygens (including phenoxy) is 1. The summed E-state index contributed by atoms with van der Waals surface area (Å²) in [6, 6.07) is 18.3. The number of benzene rings is 3. The van der Waals surface area contributed by atoms with E-state index in [0.29, 0.717) is 21.3 Å². The maximum absolute atomic E-state index is 12.6. The van der Waals surface area contributed by atoms with Crippen molar-refractivity contribution in [3.8, 4) is 17.6 Å². The summed E-state index contributed by atoms with van der Waals surface area (Å²) >= 11 is 11.9. The molecule has 0 aliphatic rings. The van der Waals surface area contributed by atoms with E-state index in [1.54, 1.807) is 31.2 Å². The summed E-state index contributed by atoms with van der Waals surface area (Å²) in [5, 5.41) is 12.8. The smallest absolute Gasteiger partial charge is 0.339 e. The van der Waals surface area contributed by atoms with Gasteiger partial charge in [0, 0.05) is 5.02 Å². The second-order valence-corrected chi connectivity index (χ2v) is 9.12. The number of nitrogens with zero attached hydrogens (tertiary/aromatic N) is 1. The van der Waals surface area contributed by atoms with E-state index in [9.17, 15) is 18.5 Å². The van der Waals surface area contributed by atoms with Crippen LogP contribution >= 0.6 is 23.2 Å². The van der Waals surface area contributed by atoms with Gasteiger partial charge in [0.15, 0.2) is 11.5 Å². The number of rotatable bonds is 8. The Morgan fingerprint density at radius 1 is 1.06 bits per heavy atom. The number of para-hydroxylation sites is 1. The number of hydrogen-bond acceptors (Lipinski definition) is 6. The summed E-state index contributed by atoms with van der Waals surface area (Å²) in [7, 11) is -4.15. The van der Waals surface area contributed by atoms with E-state index < -0.39 is 16.0 Å². The van der Waals surface area contributed by atoms with Crippen LogP contribution in [0.15, 0.2) is 77.2 Å². The van der Waals surface area contributed by atoms with E-state index in [0.717, 1.165) is 0 Å². The number of nitrogens with one attached hydrogen (secondary N) is 1. The fraction of sp³-hybridized carbons (Fsp3) is 0.0833. The highest BCUT2D eigenvalue weighted by Crippen LogP contribution is 2.32. The van der Waals surface area contributed by atoms with Gasteiger partial charge in [0.2, 0.25) is 0 Å². The monoisotopic (exact) mass is 516 g/mol. The van der Waals surface area contributed by atoms with Crippen molar-refractivity contribution in [3.05, 3.63) is 87.9 Å². The summed E-state index contributed by atoms with van der Waals surface area (Å²) in [5.74, 6) is -0.579. The molecule has 0 aliphatic heterocycles. The first-order valence-corrected chi connectivity index (χ1v) is 12.0. The van der Waals surface area contributed by atoms with Crippen molar-refractivity contribution in [1.82, 2.24) is 0 Å². The third-order valence-corrected chi connectivity index (χ3v) is 6.20. The normalized spacial score (nSPS) is 11.4. The van der Waals surface area contributed by atoms with Crippen LogP contribution in [0.25, 0.3) is 6.08 Å². The molecule has 174 valence electrons. The van der Waals surface area contributed by atoms with E-state index in [2.05, 4.69) is 5.32 Å². The zero-order chi connectivity index (χ0) is 24.7.